The van der Waals surface area contributed by atoms with E-state index in [9.17, 15) is 5.26 Å². The average Bonchev–Trinajstić information content (AvgIpc) is 2.99. The molecular formula is C31H45N3O6. The van der Waals surface area contributed by atoms with Crippen LogP contribution in [-0.2, 0) is 5.41 Å². The van der Waals surface area contributed by atoms with Crippen LogP contribution in [0.2, 0.25) is 0 Å². The Morgan fingerprint density at radius 1 is 0.775 bits per heavy atom. The molecule has 1 unspecified atom stereocenters. The van der Waals surface area contributed by atoms with Gasteiger partial charge < -0.3 is 33.3 Å². The zero-order chi connectivity index (χ0) is 29.1. The Balaban J connectivity index is 1.49. The Bertz CT molecular complexity index is 1100. The van der Waals surface area contributed by atoms with Gasteiger partial charge in [-0.15, -0.1) is 0 Å². The first-order valence-electron chi connectivity index (χ1n) is 13.9. The lowest BCUT2D eigenvalue weighted by Gasteiger charge is -2.36. The van der Waals surface area contributed by atoms with Gasteiger partial charge in [0.15, 0.2) is 23.0 Å². The summed E-state index contributed by atoms with van der Waals surface area (Å²) in [6.45, 7) is 10.6. The minimum absolute atomic E-state index is 0.165. The molecule has 0 aromatic heterocycles. The van der Waals surface area contributed by atoms with Crippen LogP contribution in [0.5, 0.6) is 34.5 Å². The van der Waals surface area contributed by atoms with Gasteiger partial charge in [-0.3, -0.25) is 4.90 Å². The van der Waals surface area contributed by atoms with Gasteiger partial charge >= 0.3 is 0 Å². The second-order valence-corrected chi connectivity index (χ2v) is 10.3. The Morgan fingerprint density at radius 3 is 1.85 bits per heavy atom. The number of nitriles is 1. The highest BCUT2D eigenvalue weighted by molar-refractivity contribution is 5.55. The number of methoxy groups -OCH3 is 5. The molecule has 0 aliphatic carbocycles. The van der Waals surface area contributed by atoms with Crippen LogP contribution < -0.4 is 28.4 Å². The molecule has 0 bridgehead atoms. The molecule has 0 radical (unpaired) electrons. The van der Waals surface area contributed by atoms with E-state index in [2.05, 4.69) is 29.7 Å². The number of rotatable bonds is 15. The largest absolute Gasteiger partial charge is 0.493 e. The van der Waals surface area contributed by atoms with Gasteiger partial charge in [0.05, 0.1) is 47.0 Å². The molecule has 0 N–H and O–H groups in total. The molecule has 220 valence electrons. The molecule has 3 rings (SSSR count). The maximum Gasteiger partial charge on any atom is 0.203 e. The fourth-order valence-electron chi connectivity index (χ4n) is 5.38. The fourth-order valence-corrected chi connectivity index (χ4v) is 5.38. The molecule has 1 fully saturated rings. The maximum absolute atomic E-state index is 10.3. The van der Waals surface area contributed by atoms with E-state index in [1.807, 2.05) is 30.3 Å². The van der Waals surface area contributed by atoms with E-state index in [0.717, 1.165) is 57.7 Å². The molecule has 0 spiro atoms. The van der Waals surface area contributed by atoms with Crippen molar-refractivity contribution in [3.63, 3.8) is 0 Å². The zero-order valence-corrected chi connectivity index (χ0v) is 25.1. The van der Waals surface area contributed by atoms with E-state index in [4.69, 9.17) is 28.4 Å². The molecule has 9 nitrogen and oxygen atoms in total. The lowest BCUT2D eigenvalue weighted by atomic mass is 9.69. The van der Waals surface area contributed by atoms with Crippen LogP contribution in [-0.4, -0.2) is 91.2 Å². The highest BCUT2D eigenvalue weighted by Crippen LogP contribution is 2.41. The molecule has 1 atom stereocenters. The van der Waals surface area contributed by atoms with Crippen molar-refractivity contribution in [3.05, 3.63) is 35.9 Å². The van der Waals surface area contributed by atoms with Gasteiger partial charge in [0.1, 0.15) is 12.4 Å². The van der Waals surface area contributed by atoms with Crippen LogP contribution in [0.1, 0.15) is 32.3 Å². The van der Waals surface area contributed by atoms with E-state index in [-0.39, 0.29) is 5.92 Å². The number of benzene rings is 2. The van der Waals surface area contributed by atoms with Gasteiger partial charge in [-0.25, -0.2) is 0 Å². The van der Waals surface area contributed by atoms with Crippen LogP contribution >= 0.6 is 0 Å². The van der Waals surface area contributed by atoms with Crippen LogP contribution in [0.3, 0.4) is 0 Å². The SMILES string of the molecule is COc1ccc(C(C#N)(CCCN2CCN(CCOc3cc(OC)c(OC)c(OC)c3)CC2)C(C)C)cc1OC. The van der Waals surface area contributed by atoms with Crippen molar-refractivity contribution < 1.29 is 28.4 Å². The second kappa shape index (κ2) is 14.9. The van der Waals surface area contributed by atoms with Gasteiger partial charge in [0, 0.05) is 44.9 Å². The third kappa shape index (κ3) is 7.23. The van der Waals surface area contributed by atoms with E-state index in [1.165, 1.54) is 0 Å². The summed E-state index contributed by atoms with van der Waals surface area (Å²) in [7, 11) is 8.03. The lowest BCUT2D eigenvalue weighted by Crippen LogP contribution is -2.47. The highest BCUT2D eigenvalue weighted by atomic mass is 16.5. The number of ether oxygens (including phenoxy) is 6. The number of hydrogen-bond acceptors (Lipinski definition) is 9. The molecule has 0 saturated carbocycles. The van der Waals surface area contributed by atoms with Crippen molar-refractivity contribution >= 4 is 0 Å². The van der Waals surface area contributed by atoms with E-state index in [1.54, 1.807) is 35.5 Å². The maximum atomic E-state index is 10.3. The third-order valence-corrected chi connectivity index (χ3v) is 7.91. The summed E-state index contributed by atoms with van der Waals surface area (Å²) in [5, 5.41) is 10.3. The summed E-state index contributed by atoms with van der Waals surface area (Å²) in [6.07, 6.45) is 1.74. The summed E-state index contributed by atoms with van der Waals surface area (Å²) in [5.41, 5.74) is 0.408. The second-order valence-electron chi connectivity index (χ2n) is 10.3. The Hall–Kier alpha value is -3.35. The normalized spacial score (nSPS) is 15.7. The van der Waals surface area contributed by atoms with Crippen molar-refractivity contribution in [1.82, 2.24) is 9.80 Å². The smallest absolute Gasteiger partial charge is 0.203 e. The molecule has 0 amide bonds. The molecule has 1 heterocycles. The molecule has 2 aromatic carbocycles. The van der Waals surface area contributed by atoms with Crippen molar-refractivity contribution in [3.8, 4) is 40.6 Å². The van der Waals surface area contributed by atoms with Crippen molar-refractivity contribution in [2.45, 2.75) is 32.1 Å². The van der Waals surface area contributed by atoms with E-state index in [0.29, 0.717) is 41.1 Å². The standard InChI is InChI=1S/C31H45N3O6/c1-23(2)31(22-32,24-9-10-26(35-3)27(19-24)36-4)11-8-12-33-13-15-34(16-14-33)17-18-40-25-20-28(37-5)30(39-7)29(21-25)38-6/h9-10,19-21,23H,8,11-18H2,1-7H3. The molecule has 2 aromatic rings. The summed E-state index contributed by atoms with van der Waals surface area (Å²) < 4.78 is 33.1. The fraction of sp³-hybridized carbons (Fsp3) is 0.581. The highest BCUT2D eigenvalue weighted by Gasteiger charge is 2.36. The van der Waals surface area contributed by atoms with Crippen molar-refractivity contribution in [2.75, 3.05) is 81.4 Å². The zero-order valence-electron chi connectivity index (χ0n) is 25.1. The van der Waals surface area contributed by atoms with Gasteiger partial charge in [-0.2, -0.15) is 5.26 Å². The predicted octanol–water partition coefficient (Wildman–Crippen LogP) is 4.62. The van der Waals surface area contributed by atoms with Crippen LogP contribution in [0.25, 0.3) is 0 Å². The van der Waals surface area contributed by atoms with Crippen molar-refractivity contribution in [1.29, 1.82) is 5.26 Å². The Morgan fingerprint density at radius 2 is 1.35 bits per heavy atom. The monoisotopic (exact) mass is 555 g/mol. The Labute approximate surface area is 239 Å². The minimum Gasteiger partial charge on any atom is -0.493 e. The molecule has 1 aliphatic heterocycles. The predicted molar refractivity (Wildman–Crippen MR) is 155 cm³/mol. The quantitative estimate of drug-likeness (QED) is 0.312. The first-order valence-corrected chi connectivity index (χ1v) is 13.9. The first kappa shape index (κ1) is 31.2. The summed E-state index contributed by atoms with van der Waals surface area (Å²) in [4.78, 5) is 4.92. The molecular weight excluding hydrogens is 510 g/mol. The first-order chi connectivity index (χ1) is 19.3. The molecule has 1 aliphatic rings. The molecule has 40 heavy (non-hydrogen) atoms. The minimum atomic E-state index is -0.578. The topological polar surface area (TPSA) is 85.7 Å². The summed E-state index contributed by atoms with van der Waals surface area (Å²) in [6, 6.07) is 12.2. The summed E-state index contributed by atoms with van der Waals surface area (Å²) in [5.74, 6) is 3.90. The Kier molecular flexibility index (Phi) is 11.6. The van der Waals surface area contributed by atoms with E-state index < -0.39 is 5.41 Å². The third-order valence-electron chi connectivity index (χ3n) is 7.91. The van der Waals surface area contributed by atoms with Crippen molar-refractivity contribution in [2.24, 2.45) is 5.92 Å². The van der Waals surface area contributed by atoms with Gasteiger partial charge in [-0.1, -0.05) is 19.9 Å². The van der Waals surface area contributed by atoms with Gasteiger partial charge in [0.25, 0.3) is 0 Å². The molecule has 1 saturated heterocycles. The van der Waals surface area contributed by atoms with Crippen LogP contribution in [0.15, 0.2) is 30.3 Å². The van der Waals surface area contributed by atoms with E-state index >= 15 is 0 Å². The van der Waals surface area contributed by atoms with Crippen LogP contribution in [0, 0.1) is 17.2 Å². The molecule has 9 heteroatoms. The average molecular weight is 556 g/mol. The van der Waals surface area contributed by atoms with Crippen LogP contribution in [0.4, 0.5) is 0 Å². The number of piperazine rings is 1. The number of hydrogen-bond donors (Lipinski definition) is 0. The number of nitrogens with zero attached hydrogens (tertiary/aromatic N) is 3. The lowest BCUT2D eigenvalue weighted by molar-refractivity contribution is 0.114. The van der Waals surface area contributed by atoms with Gasteiger partial charge in [0.2, 0.25) is 5.75 Å². The van der Waals surface area contributed by atoms with Gasteiger partial charge in [-0.05, 0) is 43.0 Å². The summed E-state index contributed by atoms with van der Waals surface area (Å²) >= 11 is 0.